The van der Waals surface area contributed by atoms with Gasteiger partial charge >= 0.3 is 0 Å². The van der Waals surface area contributed by atoms with Gasteiger partial charge in [-0.2, -0.15) is 4.98 Å². The fraction of sp³-hybridized carbons (Fsp3) is 0.0769. The van der Waals surface area contributed by atoms with E-state index in [1.54, 1.807) is 36.6 Å². The van der Waals surface area contributed by atoms with E-state index >= 15 is 0 Å². The Labute approximate surface area is 113 Å². The van der Waals surface area contributed by atoms with Gasteiger partial charge in [0.05, 0.1) is 12.0 Å². The van der Waals surface area contributed by atoms with Crippen molar-refractivity contribution in [2.75, 3.05) is 0 Å². The van der Waals surface area contributed by atoms with Crippen LogP contribution in [0.3, 0.4) is 0 Å². The molecule has 1 aromatic carbocycles. The van der Waals surface area contributed by atoms with Crippen LogP contribution < -0.4 is 0 Å². The van der Waals surface area contributed by atoms with Crippen LogP contribution >= 0.6 is 11.8 Å². The molecule has 5 nitrogen and oxygen atoms in total. The van der Waals surface area contributed by atoms with Gasteiger partial charge in [0.2, 0.25) is 11.7 Å². The highest BCUT2D eigenvalue weighted by atomic mass is 32.2. The van der Waals surface area contributed by atoms with E-state index in [4.69, 9.17) is 8.94 Å². The van der Waals surface area contributed by atoms with E-state index in [0.29, 0.717) is 23.2 Å². The molecular weight excluding hydrogens is 264 g/mol. The molecule has 3 aromatic rings. The van der Waals surface area contributed by atoms with Crippen LogP contribution in [0.4, 0.5) is 0 Å². The fourth-order valence-corrected chi connectivity index (χ4v) is 2.32. The molecule has 0 radical (unpaired) electrons. The highest BCUT2D eigenvalue weighted by Gasteiger charge is 2.10. The SMILES string of the molecule is Oc1cccc(SCc2nc(-c3ccco3)no2)c1. The summed E-state index contributed by atoms with van der Waals surface area (Å²) in [6.07, 6.45) is 1.56. The Morgan fingerprint density at radius 3 is 2.95 bits per heavy atom. The molecule has 0 aliphatic carbocycles. The van der Waals surface area contributed by atoms with E-state index in [-0.39, 0.29) is 5.75 Å². The molecule has 2 heterocycles. The van der Waals surface area contributed by atoms with E-state index in [1.165, 1.54) is 11.8 Å². The van der Waals surface area contributed by atoms with E-state index in [2.05, 4.69) is 10.1 Å². The number of aromatic nitrogens is 2. The van der Waals surface area contributed by atoms with Gasteiger partial charge in [0.25, 0.3) is 0 Å². The van der Waals surface area contributed by atoms with Crippen molar-refractivity contribution in [3.8, 4) is 17.3 Å². The topological polar surface area (TPSA) is 72.3 Å². The molecule has 0 atom stereocenters. The Bertz CT molecular complexity index is 664. The maximum atomic E-state index is 9.36. The first-order valence-corrected chi connectivity index (χ1v) is 6.58. The van der Waals surface area contributed by atoms with Crippen molar-refractivity contribution in [1.29, 1.82) is 0 Å². The molecule has 0 amide bonds. The Hall–Kier alpha value is -2.21. The summed E-state index contributed by atoms with van der Waals surface area (Å²) in [4.78, 5) is 5.18. The van der Waals surface area contributed by atoms with E-state index in [9.17, 15) is 5.11 Å². The molecule has 0 saturated heterocycles. The maximum Gasteiger partial charge on any atom is 0.238 e. The maximum absolute atomic E-state index is 9.36. The summed E-state index contributed by atoms with van der Waals surface area (Å²) in [7, 11) is 0. The highest BCUT2D eigenvalue weighted by molar-refractivity contribution is 7.98. The molecule has 2 aromatic heterocycles. The van der Waals surface area contributed by atoms with Crippen molar-refractivity contribution in [2.24, 2.45) is 0 Å². The van der Waals surface area contributed by atoms with Crippen LogP contribution in [-0.2, 0) is 5.75 Å². The largest absolute Gasteiger partial charge is 0.508 e. The van der Waals surface area contributed by atoms with Crippen LogP contribution in [0.5, 0.6) is 5.75 Å². The average Bonchev–Trinajstić information content (AvgIpc) is 3.07. The number of nitrogens with zero attached hydrogens (tertiary/aromatic N) is 2. The number of aromatic hydroxyl groups is 1. The number of benzene rings is 1. The first-order chi connectivity index (χ1) is 9.31. The molecule has 0 aliphatic heterocycles. The van der Waals surface area contributed by atoms with Gasteiger partial charge in [0, 0.05) is 4.90 Å². The predicted octanol–water partition coefficient (Wildman–Crippen LogP) is 3.33. The number of hydrogen-bond acceptors (Lipinski definition) is 6. The molecule has 0 saturated carbocycles. The van der Waals surface area contributed by atoms with Crippen LogP contribution in [0.25, 0.3) is 11.6 Å². The molecule has 0 fully saturated rings. The third-order valence-corrected chi connectivity index (χ3v) is 3.37. The molecule has 0 bridgehead atoms. The van der Waals surface area contributed by atoms with Crippen molar-refractivity contribution >= 4 is 11.8 Å². The zero-order chi connectivity index (χ0) is 13.1. The summed E-state index contributed by atoms with van der Waals surface area (Å²) in [6.45, 7) is 0. The van der Waals surface area contributed by atoms with Gasteiger partial charge in [0.1, 0.15) is 5.75 Å². The zero-order valence-corrected chi connectivity index (χ0v) is 10.6. The zero-order valence-electron chi connectivity index (χ0n) is 9.81. The lowest BCUT2D eigenvalue weighted by Crippen LogP contribution is -1.81. The van der Waals surface area contributed by atoms with Crippen LogP contribution in [0, 0.1) is 0 Å². The summed E-state index contributed by atoms with van der Waals surface area (Å²) in [5.74, 6) is 2.32. The second-order valence-electron chi connectivity index (χ2n) is 3.78. The van der Waals surface area contributed by atoms with E-state index < -0.39 is 0 Å². The summed E-state index contributed by atoms with van der Waals surface area (Å²) < 4.78 is 10.3. The van der Waals surface area contributed by atoms with Crippen LogP contribution in [-0.4, -0.2) is 15.2 Å². The Morgan fingerprint density at radius 2 is 2.16 bits per heavy atom. The molecule has 0 unspecified atom stereocenters. The monoisotopic (exact) mass is 274 g/mol. The molecular formula is C13H10N2O3S. The van der Waals surface area contributed by atoms with E-state index in [0.717, 1.165) is 4.90 Å². The second-order valence-corrected chi connectivity index (χ2v) is 4.82. The lowest BCUT2D eigenvalue weighted by atomic mass is 10.3. The standard InChI is InChI=1S/C13H10N2O3S/c16-9-3-1-4-10(7-9)19-8-12-14-13(15-18-12)11-5-2-6-17-11/h1-7,16H,8H2. The van der Waals surface area contributed by atoms with Gasteiger partial charge < -0.3 is 14.0 Å². The molecule has 19 heavy (non-hydrogen) atoms. The van der Waals surface area contributed by atoms with Crippen molar-refractivity contribution in [1.82, 2.24) is 10.1 Å². The minimum Gasteiger partial charge on any atom is -0.508 e. The van der Waals surface area contributed by atoms with Crippen LogP contribution in [0.15, 0.2) is 56.5 Å². The van der Waals surface area contributed by atoms with Gasteiger partial charge in [-0.1, -0.05) is 11.2 Å². The van der Waals surface area contributed by atoms with Gasteiger partial charge in [-0.25, -0.2) is 0 Å². The Balaban J connectivity index is 1.68. The Kier molecular flexibility index (Phi) is 3.24. The lowest BCUT2D eigenvalue weighted by Gasteiger charge is -1.98. The third kappa shape index (κ3) is 2.79. The summed E-state index contributed by atoms with van der Waals surface area (Å²) in [5.41, 5.74) is 0. The first kappa shape index (κ1) is 11.9. The van der Waals surface area contributed by atoms with Crippen molar-refractivity contribution in [3.63, 3.8) is 0 Å². The van der Waals surface area contributed by atoms with Gasteiger partial charge in [0.15, 0.2) is 5.76 Å². The summed E-state index contributed by atoms with van der Waals surface area (Å²) in [6, 6.07) is 10.6. The molecule has 96 valence electrons. The number of phenolic OH excluding ortho intramolecular Hbond substituents is 1. The average molecular weight is 274 g/mol. The van der Waals surface area contributed by atoms with Gasteiger partial charge in [-0.05, 0) is 30.3 Å². The number of hydrogen-bond donors (Lipinski definition) is 1. The highest BCUT2D eigenvalue weighted by Crippen LogP contribution is 2.26. The number of furan rings is 1. The minimum absolute atomic E-state index is 0.242. The molecule has 0 spiro atoms. The number of rotatable bonds is 4. The van der Waals surface area contributed by atoms with Crippen molar-refractivity contribution in [3.05, 3.63) is 48.6 Å². The van der Waals surface area contributed by atoms with Crippen molar-refractivity contribution < 1.29 is 14.0 Å². The summed E-state index contributed by atoms with van der Waals surface area (Å²) >= 11 is 1.51. The number of thioether (sulfide) groups is 1. The van der Waals surface area contributed by atoms with Gasteiger partial charge in [-0.3, -0.25) is 0 Å². The predicted molar refractivity (Wildman–Crippen MR) is 69.7 cm³/mol. The fourth-order valence-electron chi connectivity index (χ4n) is 1.54. The van der Waals surface area contributed by atoms with Gasteiger partial charge in [-0.15, -0.1) is 11.8 Å². The van der Waals surface area contributed by atoms with Crippen LogP contribution in [0.2, 0.25) is 0 Å². The molecule has 6 heteroatoms. The quantitative estimate of drug-likeness (QED) is 0.736. The lowest BCUT2D eigenvalue weighted by molar-refractivity contribution is 0.390. The Morgan fingerprint density at radius 1 is 1.21 bits per heavy atom. The second kappa shape index (κ2) is 5.19. The van der Waals surface area contributed by atoms with Crippen molar-refractivity contribution in [2.45, 2.75) is 10.6 Å². The smallest absolute Gasteiger partial charge is 0.238 e. The molecule has 1 N–H and O–H groups in total. The van der Waals surface area contributed by atoms with E-state index in [1.807, 2.05) is 6.07 Å². The first-order valence-electron chi connectivity index (χ1n) is 5.59. The molecule has 0 aliphatic rings. The normalized spacial score (nSPS) is 10.7. The summed E-state index contributed by atoms with van der Waals surface area (Å²) in [5, 5.41) is 13.2. The molecule has 3 rings (SSSR count). The number of phenols is 1. The third-order valence-electron chi connectivity index (χ3n) is 2.39. The minimum atomic E-state index is 0.242. The van der Waals surface area contributed by atoms with Crippen LogP contribution in [0.1, 0.15) is 5.89 Å².